The van der Waals surface area contributed by atoms with Crippen LogP contribution in [0, 0.1) is 5.41 Å². The second-order valence-electron chi connectivity index (χ2n) is 5.58. The Morgan fingerprint density at radius 1 is 1.24 bits per heavy atom. The summed E-state index contributed by atoms with van der Waals surface area (Å²) in [6, 6.07) is 7.63. The summed E-state index contributed by atoms with van der Waals surface area (Å²) in [4.78, 5) is 13.3. The molecule has 0 radical (unpaired) electrons. The third-order valence-corrected chi connectivity index (χ3v) is 5.80. The van der Waals surface area contributed by atoms with Crippen molar-refractivity contribution in [1.29, 1.82) is 5.41 Å². The van der Waals surface area contributed by atoms with Gasteiger partial charge in [0.2, 0.25) is 0 Å². The third-order valence-electron chi connectivity index (χ3n) is 3.67. The summed E-state index contributed by atoms with van der Waals surface area (Å²) in [5.41, 5.74) is 0.916. The first-order valence-electron chi connectivity index (χ1n) is 8.19. The van der Waals surface area contributed by atoms with Crippen LogP contribution >= 0.6 is 23.1 Å². The Balaban J connectivity index is 1.78. The number of hydrogen-bond donors (Lipinski definition) is 1. The van der Waals surface area contributed by atoms with E-state index in [1.807, 2.05) is 37.3 Å². The molecule has 0 amide bonds. The number of aromatic nitrogens is 2. The summed E-state index contributed by atoms with van der Waals surface area (Å²) >= 11 is 2.62. The number of hydrogen-bond acceptors (Lipinski definition) is 7. The van der Waals surface area contributed by atoms with E-state index in [-0.39, 0.29) is 5.78 Å². The normalized spacial score (nSPS) is 19.0. The molecule has 1 atom stereocenters. The number of nitrogens with one attached hydrogen (secondary N) is 1. The lowest BCUT2D eigenvalue weighted by molar-refractivity contribution is -0.114. The monoisotopic (exact) mass is 373 g/mol. The van der Waals surface area contributed by atoms with Crippen molar-refractivity contribution in [3.05, 3.63) is 44.7 Å². The molecule has 25 heavy (non-hydrogen) atoms. The molecular weight excluding hydrogens is 354 g/mol. The fourth-order valence-corrected chi connectivity index (χ4v) is 4.32. The molecule has 1 fully saturated rings. The fraction of sp³-hybridized carbons (Fsp3) is 0.333. The number of ether oxygens (including phenoxy) is 1. The summed E-state index contributed by atoms with van der Waals surface area (Å²) in [7, 11) is 0. The van der Waals surface area contributed by atoms with Gasteiger partial charge in [0.25, 0.3) is 0 Å². The highest BCUT2D eigenvalue weighted by molar-refractivity contribution is 8.19. The van der Waals surface area contributed by atoms with Gasteiger partial charge in [0.05, 0.1) is 16.6 Å². The quantitative estimate of drug-likeness (QED) is 0.764. The van der Waals surface area contributed by atoms with Gasteiger partial charge >= 0.3 is 0 Å². The average molecular weight is 374 g/mol. The Hall–Kier alpha value is -1.99. The molecule has 1 aliphatic heterocycles. The maximum absolute atomic E-state index is 12.7. The number of aryl methyl sites for hydroxylation is 1. The van der Waals surface area contributed by atoms with Gasteiger partial charge in [0.1, 0.15) is 21.7 Å². The smallest absolute Gasteiger partial charge is 0.186 e. The first-order valence-corrected chi connectivity index (χ1v) is 9.83. The number of carbonyl (C=O) groups excluding carboxylic acids is 1. The van der Waals surface area contributed by atoms with Crippen molar-refractivity contribution >= 4 is 40.0 Å². The standard InChI is InChI=1S/C18H19N3O2S2/c1-3-9-23-12-7-5-11(6-8-12)10-13-16(22)15(17(19)24-13)18-21-20-14(4-2)25-18/h5-8,10,15,19H,3-4,9H2,1-2H3/b13-10-,19-17?/t15-/m0/s1. The first kappa shape index (κ1) is 17.8. The number of rotatable bonds is 6. The highest BCUT2D eigenvalue weighted by atomic mass is 32.2. The van der Waals surface area contributed by atoms with E-state index in [0.29, 0.717) is 21.6 Å². The lowest BCUT2D eigenvalue weighted by Gasteiger charge is -2.04. The fourth-order valence-electron chi connectivity index (χ4n) is 2.37. The molecule has 2 aromatic rings. The maximum Gasteiger partial charge on any atom is 0.186 e. The van der Waals surface area contributed by atoms with Crippen LogP contribution in [-0.2, 0) is 11.2 Å². The number of allylic oxidation sites excluding steroid dienone is 1. The molecule has 0 spiro atoms. The number of nitrogens with zero attached hydrogens (tertiary/aromatic N) is 2. The molecule has 1 saturated heterocycles. The summed E-state index contributed by atoms with van der Waals surface area (Å²) in [5.74, 6) is 0.155. The summed E-state index contributed by atoms with van der Waals surface area (Å²) in [5, 5.41) is 18.2. The molecule has 1 N–H and O–H groups in total. The molecule has 0 saturated carbocycles. The van der Waals surface area contributed by atoms with Crippen LogP contribution in [0.15, 0.2) is 29.2 Å². The molecule has 1 aromatic heterocycles. The van der Waals surface area contributed by atoms with Gasteiger partial charge in [-0.2, -0.15) is 0 Å². The molecule has 5 nitrogen and oxygen atoms in total. The van der Waals surface area contributed by atoms with E-state index in [1.54, 1.807) is 0 Å². The minimum Gasteiger partial charge on any atom is -0.494 e. The Morgan fingerprint density at radius 3 is 2.64 bits per heavy atom. The lowest BCUT2D eigenvalue weighted by Crippen LogP contribution is -2.11. The zero-order chi connectivity index (χ0) is 17.8. The lowest BCUT2D eigenvalue weighted by atomic mass is 10.1. The topological polar surface area (TPSA) is 75.9 Å². The molecule has 3 rings (SSSR count). The van der Waals surface area contributed by atoms with E-state index >= 15 is 0 Å². The van der Waals surface area contributed by atoms with Crippen molar-refractivity contribution in [3.63, 3.8) is 0 Å². The van der Waals surface area contributed by atoms with Crippen LogP contribution in [0.5, 0.6) is 5.75 Å². The van der Waals surface area contributed by atoms with Crippen molar-refractivity contribution in [2.45, 2.75) is 32.6 Å². The molecule has 7 heteroatoms. The Morgan fingerprint density at radius 2 is 2.00 bits per heavy atom. The van der Waals surface area contributed by atoms with Crippen LogP contribution in [-0.4, -0.2) is 27.6 Å². The predicted molar refractivity (Wildman–Crippen MR) is 103 cm³/mol. The van der Waals surface area contributed by atoms with Crippen LogP contribution < -0.4 is 4.74 Å². The van der Waals surface area contributed by atoms with Gasteiger partial charge in [-0.1, -0.05) is 37.7 Å². The number of ketones is 1. The Bertz CT molecular complexity index is 812. The van der Waals surface area contributed by atoms with Crippen molar-refractivity contribution in [2.24, 2.45) is 0 Å². The van der Waals surface area contributed by atoms with Gasteiger partial charge in [-0.3, -0.25) is 10.2 Å². The Labute approximate surface area is 155 Å². The molecule has 130 valence electrons. The van der Waals surface area contributed by atoms with E-state index in [1.165, 1.54) is 23.1 Å². The minimum atomic E-state index is -0.596. The minimum absolute atomic E-state index is 0.0693. The van der Waals surface area contributed by atoms with E-state index in [9.17, 15) is 4.79 Å². The van der Waals surface area contributed by atoms with Gasteiger partial charge in [0.15, 0.2) is 5.78 Å². The molecule has 2 heterocycles. The second kappa shape index (κ2) is 7.93. The van der Waals surface area contributed by atoms with Crippen molar-refractivity contribution in [3.8, 4) is 5.75 Å². The second-order valence-corrected chi connectivity index (χ2v) is 7.75. The summed E-state index contributed by atoms with van der Waals surface area (Å²) in [6.07, 6.45) is 3.58. The third kappa shape index (κ3) is 3.99. The molecule has 0 unspecified atom stereocenters. The van der Waals surface area contributed by atoms with Crippen molar-refractivity contribution in [2.75, 3.05) is 6.61 Å². The van der Waals surface area contributed by atoms with Gasteiger partial charge in [0, 0.05) is 0 Å². The molecule has 0 bridgehead atoms. The summed E-state index contributed by atoms with van der Waals surface area (Å²) in [6.45, 7) is 4.75. The zero-order valence-corrected chi connectivity index (χ0v) is 15.7. The average Bonchev–Trinajstić information content (AvgIpc) is 3.19. The van der Waals surface area contributed by atoms with Crippen molar-refractivity contribution < 1.29 is 9.53 Å². The first-order chi connectivity index (χ1) is 12.1. The SMILES string of the molecule is CCCOc1ccc(/C=C2\SC(=N)[C@@H](c3nnc(CC)s3)C2=O)cc1. The van der Waals surface area contributed by atoms with E-state index in [0.717, 1.165) is 29.2 Å². The van der Waals surface area contributed by atoms with Gasteiger partial charge in [-0.05, 0) is 36.6 Å². The van der Waals surface area contributed by atoms with Crippen LogP contribution in [0.2, 0.25) is 0 Å². The van der Waals surface area contributed by atoms with E-state index < -0.39 is 5.92 Å². The molecule has 1 aliphatic rings. The number of Topliss-reactive ketones (excluding diaryl/α,β-unsaturated/α-hetero) is 1. The molecular formula is C18H19N3O2S2. The van der Waals surface area contributed by atoms with E-state index in [4.69, 9.17) is 10.1 Å². The highest BCUT2D eigenvalue weighted by Gasteiger charge is 2.39. The largest absolute Gasteiger partial charge is 0.494 e. The van der Waals surface area contributed by atoms with E-state index in [2.05, 4.69) is 17.1 Å². The zero-order valence-electron chi connectivity index (χ0n) is 14.1. The molecule has 0 aliphatic carbocycles. The maximum atomic E-state index is 12.7. The van der Waals surface area contributed by atoms with Crippen LogP contribution in [0.1, 0.15) is 41.8 Å². The highest BCUT2D eigenvalue weighted by Crippen LogP contribution is 2.41. The molecule has 1 aromatic carbocycles. The van der Waals surface area contributed by atoms with Gasteiger partial charge in [-0.25, -0.2) is 0 Å². The Kier molecular flexibility index (Phi) is 5.65. The number of carbonyl (C=O) groups is 1. The van der Waals surface area contributed by atoms with Crippen molar-refractivity contribution in [1.82, 2.24) is 10.2 Å². The van der Waals surface area contributed by atoms with Crippen LogP contribution in [0.3, 0.4) is 0 Å². The summed E-state index contributed by atoms with van der Waals surface area (Å²) < 4.78 is 5.57. The van der Waals surface area contributed by atoms with Gasteiger partial charge < -0.3 is 4.74 Å². The van der Waals surface area contributed by atoms with Gasteiger partial charge in [-0.15, -0.1) is 21.5 Å². The van der Waals surface area contributed by atoms with Crippen LogP contribution in [0.25, 0.3) is 6.08 Å². The number of thioether (sulfide) groups is 1. The number of benzene rings is 1. The predicted octanol–water partition coefficient (Wildman–Crippen LogP) is 4.31. The van der Waals surface area contributed by atoms with Crippen LogP contribution in [0.4, 0.5) is 0 Å².